The van der Waals surface area contributed by atoms with Crippen LogP contribution >= 0.6 is 0 Å². The molecular weight excluding hydrogens is 419 g/mol. The average Bonchev–Trinajstić information content (AvgIpc) is 3.31. The summed E-state index contributed by atoms with van der Waals surface area (Å²) >= 11 is 0. The molecule has 0 aliphatic carbocycles. The van der Waals surface area contributed by atoms with Crippen LogP contribution in [0.3, 0.4) is 0 Å². The van der Waals surface area contributed by atoms with Gasteiger partial charge in [0.05, 0.1) is 0 Å². The highest BCUT2D eigenvalue weighted by Crippen LogP contribution is 2.34. The Bertz CT molecular complexity index is 1250. The molecule has 0 spiro atoms. The molecule has 1 amide bonds. The Morgan fingerprint density at radius 3 is 2.61 bits per heavy atom. The highest BCUT2D eigenvalue weighted by atomic mass is 19.1. The quantitative estimate of drug-likeness (QED) is 0.430. The van der Waals surface area contributed by atoms with Crippen molar-refractivity contribution in [2.45, 2.75) is 25.5 Å². The number of carbonyl (C=O) groups is 1. The van der Waals surface area contributed by atoms with Gasteiger partial charge in [-0.15, -0.1) is 0 Å². The molecule has 166 valence electrons. The van der Waals surface area contributed by atoms with Crippen molar-refractivity contribution < 1.29 is 13.9 Å². The third kappa shape index (κ3) is 4.68. The molecule has 1 saturated heterocycles. The molecule has 0 bridgehead atoms. The topological polar surface area (TPSA) is 69.0 Å². The van der Waals surface area contributed by atoms with E-state index in [1.165, 1.54) is 12.1 Å². The highest BCUT2D eigenvalue weighted by Gasteiger charge is 2.21. The smallest absolute Gasteiger partial charge is 0.274 e. The van der Waals surface area contributed by atoms with Gasteiger partial charge in [0, 0.05) is 35.8 Å². The van der Waals surface area contributed by atoms with Crippen molar-refractivity contribution >= 4 is 11.6 Å². The Morgan fingerprint density at radius 1 is 1.03 bits per heavy atom. The second kappa shape index (κ2) is 9.34. The Labute approximate surface area is 191 Å². The van der Waals surface area contributed by atoms with Crippen molar-refractivity contribution in [1.29, 1.82) is 0 Å². The van der Waals surface area contributed by atoms with Crippen LogP contribution in [0.15, 0.2) is 79.1 Å². The summed E-state index contributed by atoms with van der Waals surface area (Å²) in [5, 5.41) is 7.66. The van der Waals surface area contributed by atoms with Crippen LogP contribution < -0.4 is 5.32 Å². The number of pyridine rings is 1. The molecule has 2 aromatic heterocycles. The number of rotatable bonds is 5. The molecule has 4 aromatic rings. The predicted octanol–water partition coefficient (Wildman–Crippen LogP) is 5.70. The molecule has 2 aromatic carbocycles. The highest BCUT2D eigenvalue weighted by molar-refractivity contribution is 6.03. The number of hydrogen-bond acceptors (Lipinski definition) is 4. The van der Waals surface area contributed by atoms with Gasteiger partial charge in [0.2, 0.25) is 0 Å². The zero-order valence-corrected chi connectivity index (χ0v) is 17.9. The summed E-state index contributed by atoms with van der Waals surface area (Å²) in [4.78, 5) is 17.0. The minimum Gasteiger partial charge on any atom is -0.357 e. The summed E-state index contributed by atoms with van der Waals surface area (Å²) < 4.78 is 21.3. The van der Waals surface area contributed by atoms with Crippen molar-refractivity contribution in [2.24, 2.45) is 0 Å². The number of ether oxygens (including phenoxy) is 1. The number of carbonyl (C=O) groups excluding carboxylic acids is 1. The number of anilines is 1. The molecule has 1 unspecified atom stereocenters. The van der Waals surface area contributed by atoms with Crippen LogP contribution in [0.4, 0.5) is 10.1 Å². The van der Waals surface area contributed by atoms with Crippen LogP contribution in [0, 0.1) is 5.82 Å². The molecule has 1 atom stereocenters. The lowest BCUT2D eigenvalue weighted by atomic mass is 10.0. The van der Waals surface area contributed by atoms with E-state index in [1.807, 2.05) is 47.3 Å². The first-order chi connectivity index (χ1) is 16.2. The largest absolute Gasteiger partial charge is 0.357 e. The molecule has 5 rings (SSSR count). The molecule has 1 fully saturated rings. The fourth-order valence-corrected chi connectivity index (χ4v) is 3.94. The van der Waals surface area contributed by atoms with Gasteiger partial charge in [-0.05, 0) is 73.4 Å². The monoisotopic (exact) mass is 442 g/mol. The van der Waals surface area contributed by atoms with E-state index in [-0.39, 0.29) is 18.0 Å². The molecular formula is C26H23FN4O2. The predicted molar refractivity (Wildman–Crippen MR) is 124 cm³/mol. The first-order valence-electron chi connectivity index (χ1n) is 11.0. The van der Waals surface area contributed by atoms with Gasteiger partial charge in [0.1, 0.15) is 23.4 Å². The molecule has 1 aliphatic heterocycles. The molecule has 33 heavy (non-hydrogen) atoms. The minimum absolute atomic E-state index is 0.144. The zero-order valence-electron chi connectivity index (χ0n) is 17.9. The molecule has 0 saturated carbocycles. The van der Waals surface area contributed by atoms with Gasteiger partial charge >= 0.3 is 0 Å². The van der Waals surface area contributed by atoms with E-state index >= 15 is 0 Å². The Hall–Kier alpha value is -3.84. The Balaban J connectivity index is 1.52. The number of aromatic nitrogens is 3. The number of hydrogen-bond donors (Lipinski definition) is 1. The van der Waals surface area contributed by atoms with Crippen molar-refractivity contribution in [2.75, 3.05) is 11.9 Å². The molecule has 1 N–H and O–H groups in total. The van der Waals surface area contributed by atoms with E-state index < -0.39 is 0 Å². The molecule has 1 aliphatic rings. The fraction of sp³-hybridized carbons (Fsp3) is 0.192. The number of benzene rings is 2. The third-order valence-corrected chi connectivity index (χ3v) is 5.64. The number of para-hydroxylation sites is 1. The molecule has 7 heteroatoms. The lowest BCUT2D eigenvalue weighted by molar-refractivity contribution is -0.0393. The number of nitrogens with zero attached hydrogens (tertiary/aromatic N) is 3. The summed E-state index contributed by atoms with van der Waals surface area (Å²) in [6, 6.07) is 19.1. The average molecular weight is 442 g/mol. The number of nitrogens with one attached hydrogen (secondary N) is 1. The molecule has 0 radical (unpaired) electrons. The van der Waals surface area contributed by atoms with Gasteiger partial charge < -0.3 is 10.1 Å². The van der Waals surface area contributed by atoms with E-state index in [4.69, 9.17) is 9.84 Å². The summed E-state index contributed by atoms with van der Waals surface area (Å²) in [5.74, 6) is -0.603. The summed E-state index contributed by atoms with van der Waals surface area (Å²) in [6.07, 6.45) is 6.39. The maximum Gasteiger partial charge on any atom is 0.274 e. The lowest BCUT2D eigenvalue weighted by Gasteiger charge is -2.22. The van der Waals surface area contributed by atoms with Crippen LogP contribution in [-0.4, -0.2) is 27.3 Å². The second-order valence-electron chi connectivity index (χ2n) is 7.95. The fourth-order valence-electron chi connectivity index (χ4n) is 3.94. The third-order valence-electron chi connectivity index (χ3n) is 5.64. The SMILES string of the molecule is O=C(Nc1ccccc1)c1cc(-c2cn(C3CCCCO3)nc2-c2ccc(F)cc2)ccn1. The standard InChI is InChI=1S/C26H23FN4O2/c27-20-11-9-18(10-12-20)25-22(17-31(30-25)24-8-4-5-15-33-24)19-13-14-28-23(16-19)26(32)29-21-6-2-1-3-7-21/h1-3,6-7,9-14,16-17,24H,4-5,8,15H2,(H,29,32). The van der Waals surface area contributed by atoms with Crippen molar-refractivity contribution in [1.82, 2.24) is 14.8 Å². The van der Waals surface area contributed by atoms with Gasteiger partial charge in [-0.25, -0.2) is 9.07 Å². The molecule has 6 nitrogen and oxygen atoms in total. The van der Waals surface area contributed by atoms with E-state index in [2.05, 4.69) is 10.3 Å². The number of amides is 1. The van der Waals surface area contributed by atoms with Gasteiger partial charge in [-0.2, -0.15) is 5.10 Å². The van der Waals surface area contributed by atoms with Crippen LogP contribution in [0.25, 0.3) is 22.4 Å². The van der Waals surface area contributed by atoms with Crippen LogP contribution in [-0.2, 0) is 4.74 Å². The van der Waals surface area contributed by atoms with Crippen molar-refractivity contribution in [3.63, 3.8) is 0 Å². The first-order valence-corrected chi connectivity index (χ1v) is 11.0. The lowest BCUT2D eigenvalue weighted by Crippen LogP contribution is -2.18. The molecule has 3 heterocycles. The summed E-state index contributed by atoms with van der Waals surface area (Å²) in [5.41, 5.74) is 4.10. The van der Waals surface area contributed by atoms with Crippen LogP contribution in [0.5, 0.6) is 0 Å². The number of halogens is 1. The summed E-state index contributed by atoms with van der Waals surface area (Å²) in [7, 11) is 0. The minimum atomic E-state index is -0.306. The van der Waals surface area contributed by atoms with E-state index in [0.717, 1.165) is 36.0 Å². The van der Waals surface area contributed by atoms with Crippen molar-refractivity contribution in [3.8, 4) is 22.4 Å². The van der Waals surface area contributed by atoms with E-state index in [9.17, 15) is 9.18 Å². The Kier molecular flexibility index (Phi) is 5.95. The zero-order chi connectivity index (χ0) is 22.6. The summed E-state index contributed by atoms with van der Waals surface area (Å²) in [6.45, 7) is 0.699. The Morgan fingerprint density at radius 2 is 1.85 bits per heavy atom. The van der Waals surface area contributed by atoms with E-state index in [1.54, 1.807) is 24.4 Å². The maximum absolute atomic E-state index is 13.5. The maximum atomic E-state index is 13.5. The van der Waals surface area contributed by atoms with Gasteiger partial charge in [-0.3, -0.25) is 9.78 Å². The van der Waals surface area contributed by atoms with E-state index in [0.29, 0.717) is 23.7 Å². The second-order valence-corrected chi connectivity index (χ2v) is 7.95. The van der Waals surface area contributed by atoms with Gasteiger partial charge in [0.15, 0.2) is 0 Å². The first kappa shape index (κ1) is 21.0. The van der Waals surface area contributed by atoms with Crippen molar-refractivity contribution in [3.05, 3.63) is 90.6 Å². The van der Waals surface area contributed by atoms with Gasteiger partial charge in [-0.1, -0.05) is 18.2 Å². The normalized spacial score (nSPS) is 15.8. The van der Waals surface area contributed by atoms with Gasteiger partial charge in [0.25, 0.3) is 5.91 Å². The van der Waals surface area contributed by atoms with Crippen LogP contribution in [0.1, 0.15) is 36.0 Å². The van der Waals surface area contributed by atoms with Crippen LogP contribution in [0.2, 0.25) is 0 Å².